The Balaban J connectivity index is 1.31. The van der Waals surface area contributed by atoms with Gasteiger partial charge in [0.2, 0.25) is 5.91 Å². The summed E-state index contributed by atoms with van der Waals surface area (Å²) < 4.78 is 47.9. The lowest BCUT2D eigenvalue weighted by molar-refractivity contribution is -0.248. The summed E-state index contributed by atoms with van der Waals surface area (Å²) in [5, 5.41) is 3.29. The van der Waals surface area contributed by atoms with E-state index in [0.29, 0.717) is 49.0 Å². The van der Waals surface area contributed by atoms with E-state index < -0.39 is 17.5 Å². The Labute approximate surface area is 256 Å². The molecule has 1 aliphatic carbocycles. The molecule has 2 atom stereocenters. The first-order chi connectivity index (χ1) is 21.1. The SMILES string of the molecule is CCOc1ccccc1-c1ccc(N2CCN(C(=O)C3(C(F)(F)F)CCC3)C[C@H]2CC)c(C(=O)N[C@H]2CN3CCC2CC3)n1. The number of para-hydroxylation sites is 1. The third kappa shape index (κ3) is 5.52. The van der Waals surface area contributed by atoms with Crippen LogP contribution in [0.25, 0.3) is 11.3 Å². The van der Waals surface area contributed by atoms with Crippen LogP contribution in [0.1, 0.15) is 62.9 Å². The Hall–Kier alpha value is -3.34. The molecule has 1 aromatic carbocycles. The molecule has 0 spiro atoms. The van der Waals surface area contributed by atoms with Crippen molar-refractivity contribution in [1.29, 1.82) is 0 Å². The van der Waals surface area contributed by atoms with Crippen molar-refractivity contribution in [1.82, 2.24) is 20.1 Å². The van der Waals surface area contributed by atoms with Gasteiger partial charge < -0.3 is 24.8 Å². The van der Waals surface area contributed by atoms with Gasteiger partial charge in [0.1, 0.15) is 11.2 Å². The van der Waals surface area contributed by atoms with Crippen molar-refractivity contribution in [3.8, 4) is 17.0 Å². The minimum Gasteiger partial charge on any atom is -0.493 e. The monoisotopic (exact) mass is 613 g/mol. The molecule has 4 saturated heterocycles. The number of carbonyl (C=O) groups is 2. The van der Waals surface area contributed by atoms with Gasteiger partial charge in [-0.05, 0) is 82.3 Å². The molecule has 44 heavy (non-hydrogen) atoms. The number of halogens is 3. The van der Waals surface area contributed by atoms with Crippen LogP contribution in [-0.2, 0) is 4.79 Å². The van der Waals surface area contributed by atoms with Crippen LogP contribution in [0.3, 0.4) is 0 Å². The van der Waals surface area contributed by atoms with Crippen LogP contribution in [0.4, 0.5) is 18.9 Å². The highest BCUT2D eigenvalue weighted by atomic mass is 19.4. The molecule has 5 aliphatic rings. The Bertz CT molecular complexity index is 1370. The molecule has 5 fully saturated rings. The lowest BCUT2D eigenvalue weighted by atomic mass is 9.67. The maximum Gasteiger partial charge on any atom is 0.403 e. The molecule has 4 aliphatic heterocycles. The van der Waals surface area contributed by atoms with E-state index in [4.69, 9.17) is 9.72 Å². The van der Waals surface area contributed by atoms with E-state index in [9.17, 15) is 22.8 Å². The lowest BCUT2D eigenvalue weighted by Crippen LogP contribution is -2.62. The number of carbonyl (C=O) groups excluding carboxylic acids is 2. The standard InChI is InChI=1S/C33H42F3N5O3/c1-3-23-20-40(31(43)32(14-7-15-32)33(34,35)36)18-19-41(23)27-11-10-25(24-8-5-6-9-28(24)44-4-2)37-29(27)30(42)38-26-21-39-16-12-22(26)13-17-39/h5-6,8-11,22-23,26H,3-4,7,12-21H2,1-2H3,(H,38,42)/t23-,26+/m1/s1. The second kappa shape index (κ2) is 12.2. The summed E-state index contributed by atoms with van der Waals surface area (Å²) in [5.41, 5.74) is 0.0446. The molecule has 11 heteroatoms. The molecule has 1 N–H and O–H groups in total. The second-order valence-electron chi connectivity index (χ2n) is 12.7. The molecule has 0 unspecified atom stereocenters. The van der Waals surface area contributed by atoms with Crippen molar-refractivity contribution < 1.29 is 27.5 Å². The number of aromatic nitrogens is 1. The molecule has 2 amide bonds. The molecule has 2 bridgehead atoms. The van der Waals surface area contributed by atoms with Gasteiger partial charge in [-0.1, -0.05) is 25.5 Å². The molecule has 0 radical (unpaired) electrons. The largest absolute Gasteiger partial charge is 0.493 e. The lowest BCUT2D eigenvalue weighted by Gasteiger charge is -2.49. The number of anilines is 1. The van der Waals surface area contributed by atoms with Crippen molar-refractivity contribution in [3.63, 3.8) is 0 Å². The van der Waals surface area contributed by atoms with E-state index in [-0.39, 0.29) is 49.6 Å². The van der Waals surface area contributed by atoms with Gasteiger partial charge in [-0.3, -0.25) is 9.59 Å². The predicted octanol–water partition coefficient (Wildman–Crippen LogP) is 5.13. The van der Waals surface area contributed by atoms with E-state index >= 15 is 0 Å². The molecule has 2 aromatic rings. The topological polar surface area (TPSA) is 78.0 Å². The van der Waals surface area contributed by atoms with Gasteiger partial charge in [-0.25, -0.2) is 4.98 Å². The van der Waals surface area contributed by atoms with E-state index in [2.05, 4.69) is 15.1 Å². The predicted molar refractivity (Wildman–Crippen MR) is 162 cm³/mol. The van der Waals surface area contributed by atoms with Gasteiger partial charge in [0.05, 0.1) is 18.0 Å². The van der Waals surface area contributed by atoms with Gasteiger partial charge in [-0.2, -0.15) is 13.2 Å². The van der Waals surface area contributed by atoms with Crippen molar-refractivity contribution in [2.24, 2.45) is 11.3 Å². The number of pyridine rings is 1. The van der Waals surface area contributed by atoms with Crippen LogP contribution in [0.2, 0.25) is 0 Å². The maximum atomic E-state index is 14.1. The van der Waals surface area contributed by atoms with Crippen molar-refractivity contribution in [2.75, 3.05) is 50.8 Å². The van der Waals surface area contributed by atoms with Gasteiger partial charge in [0.15, 0.2) is 5.69 Å². The minimum atomic E-state index is -4.56. The Kier molecular flexibility index (Phi) is 8.52. The zero-order chi connectivity index (χ0) is 31.1. The van der Waals surface area contributed by atoms with E-state index in [0.717, 1.165) is 38.0 Å². The molecule has 8 nitrogen and oxygen atoms in total. The average Bonchev–Trinajstić information content (AvgIpc) is 3.00. The van der Waals surface area contributed by atoms with Gasteiger partial charge in [0.25, 0.3) is 5.91 Å². The van der Waals surface area contributed by atoms with Gasteiger partial charge in [-0.15, -0.1) is 0 Å². The van der Waals surface area contributed by atoms with Gasteiger partial charge in [0, 0.05) is 43.8 Å². The Morgan fingerprint density at radius 1 is 1.02 bits per heavy atom. The van der Waals surface area contributed by atoms with Gasteiger partial charge >= 0.3 is 6.18 Å². The summed E-state index contributed by atoms with van der Waals surface area (Å²) in [5.74, 6) is 0.0378. The first-order valence-electron chi connectivity index (χ1n) is 16.0. The molecule has 1 aromatic heterocycles. The number of alkyl halides is 3. The number of amides is 2. The number of piperidine rings is 3. The highest BCUT2D eigenvalue weighted by Crippen LogP contribution is 2.54. The maximum absolute atomic E-state index is 14.1. The summed E-state index contributed by atoms with van der Waals surface area (Å²) in [6, 6.07) is 11.1. The Morgan fingerprint density at radius 2 is 1.77 bits per heavy atom. The fraction of sp³-hybridized carbons (Fsp3) is 0.606. The van der Waals surface area contributed by atoms with Crippen LogP contribution in [-0.4, -0.2) is 90.7 Å². The van der Waals surface area contributed by atoms with Crippen LogP contribution in [0.15, 0.2) is 36.4 Å². The Morgan fingerprint density at radius 3 is 2.39 bits per heavy atom. The number of ether oxygens (including phenoxy) is 1. The summed E-state index contributed by atoms with van der Waals surface area (Å²) in [6.45, 7) is 7.93. The summed E-state index contributed by atoms with van der Waals surface area (Å²) >= 11 is 0. The highest BCUT2D eigenvalue weighted by Gasteiger charge is 2.64. The van der Waals surface area contributed by atoms with Crippen LogP contribution in [0, 0.1) is 11.3 Å². The normalized spacial score (nSPS) is 26.2. The number of nitrogens with one attached hydrogen (secondary N) is 1. The highest BCUT2D eigenvalue weighted by molar-refractivity contribution is 5.99. The number of piperazine rings is 1. The smallest absolute Gasteiger partial charge is 0.403 e. The third-order valence-electron chi connectivity index (χ3n) is 10.2. The van der Waals surface area contributed by atoms with Crippen molar-refractivity contribution >= 4 is 17.5 Å². The molecular weight excluding hydrogens is 571 g/mol. The van der Waals surface area contributed by atoms with Crippen LogP contribution in [0.5, 0.6) is 5.75 Å². The second-order valence-corrected chi connectivity index (χ2v) is 12.7. The first kappa shape index (κ1) is 30.7. The zero-order valence-corrected chi connectivity index (χ0v) is 25.5. The van der Waals surface area contributed by atoms with Crippen molar-refractivity contribution in [3.05, 3.63) is 42.1 Å². The summed E-state index contributed by atoms with van der Waals surface area (Å²) in [4.78, 5) is 38.1. The first-order valence-corrected chi connectivity index (χ1v) is 16.0. The molecule has 1 saturated carbocycles. The number of benzene rings is 1. The van der Waals surface area contributed by atoms with Crippen LogP contribution < -0.4 is 15.0 Å². The minimum absolute atomic E-state index is 0.0384. The fourth-order valence-corrected chi connectivity index (χ4v) is 7.48. The van der Waals surface area contributed by atoms with E-state index in [1.165, 1.54) is 4.90 Å². The number of hydrogen-bond donors (Lipinski definition) is 1. The molecular formula is C33H42F3N5O3. The van der Waals surface area contributed by atoms with E-state index in [1.807, 2.05) is 50.2 Å². The van der Waals surface area contributed by atoms with Crippen molar-refractivity contribution in [2.45, 2.75) is 70.6 Å². The number of rotatable bonds is 8. The molecule has 238 valence electrons. The number of hydrogen-bond acceptors (Lipinski definition) is 6. The average molecular weight is 614 g/mol. The summed E-state index contributed by atoms with van der Waals surface area (Å²) in [7, 11) is 0. The van der Waals surface area contributed by atoms with Crippen LogP contribution >= 0.6 is 0 Å². The van der Waals surface area contributed by atoms with E-state index in [1.54, 1.807) is 0 Å². The zero-order valence-electron chi connectivity index (χ0n) is 25.5. The molecule has 5 heterocycles. The quantitative estimate of drug-likeness (QED) is 0.445. The molecule has 7 rings (SSSR count). The fourth-order valence-electron chi connectivity index (χ4n) is 7.48. The summed E-state index contributed by atoms with van der Waals surface area (Å²) in [6.07, 6.45) is -1.74. The number of fused-ring (bicyclic) bond motifs is 3. The number of nitrogens with zero attached hydrogens (tertiary/aromatic N) is 4. The third-order valence-corrected chi connectivity index (χ3v) is 10.2.